The fourth-order valence-corrected chi connectivity index (χ4v) is 2.33. The Labute approximate surface area is 110 Å². The van der Waals surface area contributed by atoms with Crippen LogP contribution in [0, 0.1) is 5.41 Å². The summed E-state index contributed by atoms with van der Waals surface area (Å²) >= 11 is 0. The fourth-order valence-electron chi connectivity index (χ4n) is 2.33. The minimum Gasteiger partial charge on any atom is -0.396 e. The molecule has 2 rings (SSSR count). The second-order valence-corrected chi connectivity index (χ2v) is 5.92. The highest BCUT2D eigenvalue weighted by molar-refractivity contribution is 5.31. The topological polar surface area (TPSA) is 44.3 Å². The summed E-state index contributed by atoms with van der Waals surface area (Å²) < 4.78 is 0. The van der Waals surface area contributed by atoms with Gasteiger partial charge in [0, 0.05) is 31.2 Å². The van der Waals surface area contributed by atoms with E-state index in [1.165, 1.54) is 11.1 Å². The van der Waals surface area contributed by atoms with E-state index in [1.807, 2.05) is 0 Å². The third-order valence-corrected chi connectivity index (χ3v) is 3.61. The maximum absolute atomic E-state index is 9.32. The van der Waals surface area contributed by atoms with Crippen molar-refractivity contribution >= 4 is 0 Å². The summed E-state index contributed by atoms with van der Waals surface area (Å²) in [5.41, 5.74) is 2.72. The van der Waals surface area contributed by atoms with Crippen LogP contribution in [-0.2, 0) is 6.54 Å². The first-order valence-corrected chi connectivity index (χ1v) is 6.75. The van der Waals surface area contributed by atoms with Gasteiger partial charge in [0.2, 0.25) is 0 Å². The van der Waals surface area contributed by atoms with Gasteiger partial charge in [0.15, 0.2) is 0 Å². The van der Waals surface area contributed by atoms with Crippen molar-refractivity contribution in [2.24, 2.45) is 5.41 Å². The lowest BCUT2D eigenvalue weighted by Crippen LogP contribution is -2.35. The van der Waals surface area contributed by atoms with Gasteiger partial charge in [0.1, 0.15) is 0 Å². The predicted octanol–water partition coefficient (Wildman–Crippen LogP) is 1.83. The van der Waals surface area contributed by atoms with Crippen LogP contribution in [0.5, 0.6) is 0 Å². The first-order chi connectivity index (χ1) is 8.62. The molecule has 0 saturated heterocycles. The van der Waals surface area contributed by atoms with Gasteiger partial charge >= 0.3 is 0 Å². The van der Waals surface area contributed by atoms with Crippen molar-refractivity contribution in [1.29, 1.82) is 0 Å². The summed E-state index contributed by atoms with van der Waals surface area (Å²) in [5.74, 6) is 0. The van der Waals surface area contributed by atoms with E-state index in [4.69, 9.17) is 0 Å². The molecule has 100 valence electrons. The van der Waals surface area contributed by atoms with Gasteiger partial charge in [-0.15, -0.1) is 0 Å². The molecule has 1 atom stereocenters. The van der Waals surface area contributed by atoms with Crippen LogP contribution in [0.4, 0.5) is 0 Å². The lowest BCUT2D eigenvalue weighted by Gasteiger charge is -2.27. The second kappa shape index (κ2) is 5.83. The van der Waals surface area contributed by atoms with E-state index in [-0.39, 0.29) is 12.0 Å². The Balaban J connectivity index is 2.08. The third kappa shape index (κ3) is 3.31. The van der Waals surface area contributed by atoms with Crippen LogP contribution in [0.25, 0.3) is 0 Å². The summed E-state index contributed by atoms with van der Waals surface area (Å²) in [5, 5.41) is 16.4. The van der Waals surface area contributed by atoms with Crippen LogP contribution in [0.1, 0.15) is 37.4 Å². The maximum atomic E-state index is 9.32. The highest BCUT2D eigenvalue weighted by atomic mass is 16.3. The first-order valence-electron chi connectivity index (χ1n) is 6.75. The number of rotatable bonds is 4. The molecule has 3 N–H and O–H groups in total. The average Bonchev–Trinajstić information content (AvgIpc) is 2.59. The molecule has 0 bridgehead atoms. The van der Waals surface area contributed by atoms with E-state index in [9.17, 15) is 5.11 Å². The molecule has 1 aromatic rings. The Morgan fingerprint density at radius 3 is 2.94 bits per heavy atom. The van der Waals surface area contributed by atoms with Crippen molar-refractivity contribution in [1.82, 2.24) is 10.6 Å². The average molecular weight is 248 g/mol. The van der Waals surface area contributed by atoms with Crippen molar-refractivity contribution < 1.29 is 5.11 Å². The summed E-state index contributed by atoms with van der Waals surface area (Å²) in [6.07, 6.45) is 1.10. The monoisotopic (exact) mass is 248 g/mol. The highest BCUT2D eigenvalue weighted by Gasteiger charge is 2.22. The summed E-state index contributed by atoms with van der Waals surface area (Å²) in [6, 6.07) is 9.00. The Bertz CT molecular complexity index is 390. The Morgan fingerprint density at radius 2 is 2.17 bits per heavy atom. The summed E-state index contributed by atoms with van der Waals surface area (Å²) in [4.78, 5) is 0. The molecule has 0 saturated carbocycles. The molecule has 0 fully saturated rings. The van der Waals surface area contributed by atoms with E-state index in [0.29, 0.717) is 6.04 Å². The smallest absolute Gasteiger partial charge is 0.0494 e. The van der Waals surface area contributed by atoms with Gasteiger partial charge in [-0.05, 0) is 24.1 Å². The number of hydrogen-bond acceptors (Lipinski definition) is 3. The maximum Gasteiger partial charge on any atom is 0.0494 e. The SMILES string of the molecule is CC(C)(CO)CNC1CCNCc2ccccc21. The van der Waals surface area contributed by atoms with E-state index >= 15 is 0 Å². The molecular weight excluding hydrogens is 224 g/mol. The zero-order chi connectivity index (χ0) is 13.0. The normalized spacial score (nSPS) is 20.3. The van der Waals surface area contributed by atoms with Gasteiger partial charge in [0.25, 0.3) is 0 Å². The third-order valence-electron chi connectivity index (χ3n) is 3.61. The first kappa shape index (κ1) is 13.5. The molecule has 0 amide bonds. The van der Waals surface area contributed by atoms with Gasteiger partial charge < -0.3 is 15.7 Å². The van der Waals surface area contributed by atoms with Crippen molar-refractivity contribution in [2.45, 2.75) is 32.9 Å². The van der Waals surface area contributed by atoms with Crippen molar-refractivity contribution in [3.63, 3.8) is 0 Å². The number of nitrogens with one attached hydrogen (secondary N) is 2. The molecule has 0 aliphatic carbocycles. The lowest BCUT2D eigenvalue weighted by molar-refractivity contribution is 0.152. The van der Waals surface area contributed by atoms with Gasteiger partial charge in [-0.1, -0.05) is 38.1 Å². The van der Waals surface area contributed by atoms with Crippen LogP contribution in [0.15, 0.2) is 24.3 Å². The van der Waals surface area contributed by atoms with Crippen molar-refractivity contribution in [2.75, 3.05) is 19.7 Å². The largest absolute Gasteiger partial charge is 0.396 e. The fraction of sp³-hybridized carbons (Fsp3) is 0.600. The molecule has 0 spiro atoms. The highest BCUT2D eigenvalue weighted by Crippen LogP contribution is 2.24. The van der Waals surface area contributed by atoms with Crippen LogP contribution in [0.3, 0.4) is 0 Å². The Morgan fingerprint density at radius 1 is 1.39 bits per heavy atom. The summed E-state index contributed by atoms with van der Waals surface area (Å²) in [7, 11) is 0. The molecule has 0 radical (unpaired) electrons. The van der Waals surface area contributed by atoms with Crippen LogP contribution in [-0.4, -0.2) is 24.8 Å². The standard InChI is InChI=1S/C15H24N2O/c1-15(2,11-18)10-17-14-7-8-16-9-12-5-3-4-6-13(12)14/h3-6,14,16-18H,7-11H2,1-2H3. The molecule has 1 aliphatic rings. The van der Waals surface area contributed by atoms with Gasteiger partial charge in [0.05, 0.1) is 0 Å². The molecule has 0 aromatic heterocycles. The van der Waals surface area contributed by atoms with Crippen molar-refractivity contribution in [3.8, 4) is 0 Å². The summed E-state index contributed by atoms with van der Waals surface area (Å²) in [6.45, 7) is 7.21. The lowest BCUT2D eigenvalue weighted by atomic mass is 9.93. The minimum absolute atomic E-state index is 0.0608. The second-order valence-electron chi connectivity index (χ2n) is 5.92. The minimum atomic E-state index is -0.0608. The van der Waals surface area contributed by atoms with Crippen LogP contribution >= 0.6 is 0 Å². The Kier molecular flexibility index (Phi) is 4.38. The zero-order valence-corrected chi connectivity index (χ0v) is 11.4. The van der Waals surface area contributed by atoms with Crippen LogP contribution < -0.4 is 10.6 Å². The van der Waals surface area contributed by atoms with E-state index in [1.54, 1.807) is 0 Å². The quantitative estimate of drug-likeness (QED) is 0.761. The molecule has 18 heavy (non-hydrogen) atoms. The molecular formula is C15H24N2O. The number of fused-ring (bicyclic) bond motifs is 1. The molecule has 1 aromatic carbocycles. The number of aliphatic hydroxyl groups is 1. The predicted molar refractivity (Wildman–Crippen MR) is 74.4 cm³/mol. The molecule has 1 unspecified atom stereocenters. The van der Waals surface area contributed by atoms with E-state index in [2.05, 4.69) is 48.7 Å². The number of aliphatic hydroxyl groups excluding tert-OH is 1. The zero-order valence-electron chi connectivity index (χ0n) is 11.4. The molecule has 1 aliphatic heterocycles. The Hall–Kier alpha value is -0.900. The molecule has 3 heteroatoms. The molecule has 1 heterocycles. The number of benzene rings is 1. The van der Waals surface area contributed by atoms with Crippen LogP contribution in [0.2, 0.25) is 0 Å². The molecule has 3 nitrogen and oxygen atoms in total. The van der Waals surface area contributed by atoms with Gasteiger partial charge in [-0.3, -0.25) is 0 Å². The van der Waals surface area contributed by atoms with Crippen molar-refractivity contribution in [3.05, 3.63) is 35.4 Å². The van der Waals surface area contributed by atoms with Gasteiger partial charge in [-0.2, -0.15) is 0 Å². The van der Waals surface area contributed by atoms with E-state index in [0.717, 1.165) is 26.1 Å². The number of hydrogen-bond donors (Lipinski definition) is 3. The van der Waals surface area contributed by atoms with Gasteiger partial charge in [-0.25, -0.2) is 0 Å². The van der Waals surface area contributed by atoms with E-state index < -0.39 is 0 Å².